The Morgan fingerprint density at radius 3 is 2.65 bits per heavy atom. The lowest BCUT2D eigenvalue weighted by Crippen LogP contribution is -2.17. The number of nitrogens with zero attached hydrogens (tertiary/aromatic N) is 2. The Morgan fingerprint density at radius 2 is 1.91 bits per heavy atom. The fourth-order valence-corrected chi connectivity index (χ4v) is 4.40. The fourth-order valence-electron chi connectivity index (χ4n) is 3.44. The lowest BCUT2D eigenvalue weighted by molar-refractivity contribution is -0.111. The number of aryl methyl sites for hydroxylation is 1. The molecule has 0 saturated heterocycles. The van der Waals surface area contributed by atoms with Crippen LogP contribution in [0.4, 0.5) is 5.00 Å². The molecule has 3 heterocycles. The molecule has 0 atom stereocenters. The van der Waals surface area contributed by atoms with Crippen LogP contribution in [-0.4, -0.2) is 21.3 Å². The molecule has 0 saturated carbocycles. The second kappa shape index (κ2) is 9.84. The number of nitrogens with one attached hydrogen (secondary N) is 1. The van der Waals surface area contributed by atoms with Gasteiger partial charge in [-0.1, -0.05) is 42.0 Å². The van der Waals surface area contributed by atoms with Gasteiger partial charge in [0.15, 0.2) is 0 Å². The molecule has 4 rings (SSSR count). The van der Waals surface area contributed by atoms with Crippen molar-refractivity contribution in [2.24, 2.45) is 0 Å². The zero-order valence-electron chi connectivity index (χ0n) is 19.0. The predicted molar refractivity (Wildman–Crippen MR) is 133 cm³/mol. The summed E-state index contributed by atoms with van der Waals surface area (Å²) < 4.78 is 7.00. The number of thiophene rings is 1. The average molecular weight is 474 g/mol. The molecule has 0 unspecified atom stereocenters. The Balaban J connectivity index is 1.64. The zero-order valence-corrected chi connectivity index (χ0v) is 19.8. The van der Waals surface area contributed by atoms with Gasteiger partial charge < -0.3 is 10.1 Å². The molecule has 3 aromatic heterocycles. The molecule has 0 aliphatic carbocycles. The average Bonchev–Trinajstić information content (AvgIpc) is 3.21. The van der Waals surface area contributed by atoms with E-state index in [2.05, 4.69) is 10.3 Å². The summed E-state index contributed by atoms with van der Waals surface area (Å²) in [7, 11) is 0. The van der Waals surface area contributed by atoms with Crippen molar-refractivity contribution in [1.82, 2.24) is 9.38 Å². The number of ether oxygens (including phenoxy) is 1. The third-order valence-corrected chi connectivity index (χ3v) is 5.84. The standard InChI is InChI=1S/C26H23N3O4S/c1-16(2)11-22(30)28-25-24(20(15-34-25)18-7-5-4-6-8-18)26(32)33-14-19-12-23(31)29-13-17(3)9-10-21(29)27-19/h4-13,15H,14H2,1-3H3,(H,28,30). The van der Waals surface area contributed by atoms with Crippen LogP contribution in [0.25, 0.3) is 16.8 Å². The van der Waals surface area contributed by atoms with Crippen LogP contribution in [0, 0.1) is 6.92 Å². The van der Waals surface area contributed by atoms with Gasteiger partial charge in [-0.15, -0.1) is 11.3 Å². The van der Waals surface area contributed by atoms with E-state index in [1.807, 2.05) is 62.5 Å². The van der Waals surface area contributed by atoms with Crippen molar-refractivity contribution in [2.75, 3.05) is 5.32 Å². The van der Waals surface area contributed by atoms with Crippen molar-refractivity contribution in [1.29, 1.82) is 0 Å². The summed E-state index contributed by atoms with van der Waals surface area (Å²) in [5.74, 6) is -0.937. The fraction of sp³-hybridized carbons (Fsp3) is 0.154. The molecule has 0 aliphatic rings. The van der Waals surface area contributed by atoms with Crippen LogP contribution >= 0.6 is 11.3 Å². The van der Waals surface area contributed by atoms with E-state index in [4.69, 9.17) is 4.74 Å². The second-order valence-electron chi connectivity index (χ2n) is 8.03. The number of carbonyl (C=O) groups is 2. The van der Waals surface area contributed by atoms with Gasteiger partial charge in [0.2, 0.25) is 5.91 Å². The van der Waals surface area contributed by atoms with E-state index in [0.29, 0.717) is 21.9 Å². The van der Waals surface area contributed by atoms with Crippen LogP contribution in [0.2, 0.25) is 0 Å². The number of pyridine rings is 1. The molecule has 4 aromatic rings. The van der Waals surface area contributed by atoms with Gasteiger partial charge in [-0.25, -0.2) is 9.78 Å². The van der Waals surface area contributed by atoms with E-state index in [-0.39, 0.29) is 23.6 Å². The number of carbonyl (C=O) groups excluding carboxylic acids is 2. The first-order valence-electron chi connectivity index (χ1n) is 10.6. The van der Waals surface area contributed by atoms with E-state index in [1.165, 1.54) is 27.9 Å². The number of allylic oxidation sites excluding steroid dienone is 1. The van der Waals surface area contributed by atoms with Gasteiger partial charge in [0, 0.05) is 29.3 Å². The zero-order chi connectivity index (χ0) is 24.2. The van der Waals surface area contributed by atoms with Crippen molar-refractivity contribution in [3.63, 3.8) is 0 Å². The van der Waals surface area contributed by atoms with Crippen LogP contribution in [0.15, 0.2) is 76.6 Å². The van der Waals surface area contributed by atoms with Crippen LogP contribution in [0.3, 0.4) is 0 Å². The highest BCUT2D eigenvalue weighted by Gasteiger charge is 2.23. The number of anilines is 1. The summed E-state index contributed by atoms with van der Waals surface area (Å²) in [5.41, 5.74) is 4.08. The summed E-state index contributed by atoms with van der Waals surface area (Å²) in [4.78, 5) is 42.4. The summed E-state index contributed by atoms with van der Waals surface area (Å²) in [6.45, 7) is 5.35. The molecule has 7 nitrogen and oxygen atoms in total. The monoisotopic (exact) mass is 473 g/mol. The summed E-state index contributed by atoms with van der Waals surface area (Å²) >= 11 is 1.25. The number of rotatable bonds is 6. The van der Waals surface area contributed by atoms with E-state index >= 15 is 0 Å². The van der Waals surface area contributed by atoms with E-state index in [1.54, 1.807) is 12.3 Å². The molecule has 172 valence electrons. The Morgan fingerprint density at radius 1 is 1.15 bits per heavy atom. The van der Waals surface area contributed by atoms with Crippen molar-refractivity contribution in [2.45, 2.75) is 27.4 Å². The third kappa shape index (κ3) is 5.13. The highest BCUT2D eigenvalue weighted by atomic mass is 32.1. The normalized spacial score (nSPS) is 10.7. The first-order chi connectivity index (χ1) is 16.3. The highest BCUT2D eigenvalue weighted by molar-refractivity contribution is 7.15. The molecule has 0 bridgehead atoms. The maximum Gasteiger partial charge on any atom is 0.342 e. The maximum atomic E-state index is 13.2. The molecule has 1 amide bonds. The van der Waals surface area contributed by atoms with E-state index < -0.39 is 5.97 Å². The van der Waals surface area contributed by atoms with Crippen molar-refractivity contribution in [3.05, 3.63) is 98.9 Å². The van der Waals surface area contributed by atoms with Crippen LogP contribution in [-0.2, 0) is 16.1 Å². The molecular formula is C26H23N3O4S. The number of fused-ring (bicyclic) bond motifs is 1. The van der Waals surface area contributed by atoms with E-state index in [9.17, 15) is 14.4 Å². The van der Waals surface area contributed by atoms with Crippen LogP contribution in [0.1, 0.15) is 35.5 Å². The molecule has 34 heavy (non-hydrogen) atoms. The van der Waals surface area contributed by atoms with E-state index in [0.717, 1.165) is 16.7 Å². The summed E-state index contributed by atoms with van der Waals surface area (Å²) in [6, 6.07) is 14.3. The van der Waals surface area contributed by atoms with Gasteiger partial charge in [0.1, 0.15) is 22.8 Å². The van der Waals surface area contributed by atoms with Gasteiger partial charge in [0.05, 0.1) is 5.69 Å². The Labute approximate surface area is 200 Å². The Hall–Kier alpha value is -4.04. The maximum absolute atomic E-state index is 13.2. The minimum Gasteiger partial charge on any atom is -0.455 e. The molecule has 0 fully saturated rings. The molecule has 0 aliphatic heterocycles. The van der Waals surface area contributed by atoms with Crippen LogP contribution < -0.4 is 10.9 Å². The predicted octanol–water partition coefficient (Wildman–Crippen LogP) is 4.99. The van der Waals surface area contributed by atoms with Crippen LogP contribution in [0.5, 0.6) is 0 Å². The van der Waals surface area contributed by atoms with Crippen molar-refractivity contribution < 1.29 is 14.3 Å². The number of hydrogen-bond acceptors (Lipinski definition) is 6. The van der Waals surface area contributed by atoms with Gasteiger partial charge in [0.25, 0.3) is 5.56 Å². The number of hydrogen-bond donors (Lipinski definition) is 1. The topological polar surface area (TPSA) is 89.8 Å². The quantitative estimate of drug-likeness (QED) is 0.315. The molecular weight excluding hydrogens is 450 g/mol. The lowest BCUT2D eigenvalue weighted by atomic mass is 10.0. The molecule has 1 aromatic carbocycles. The smallest absolute Gasteiger partial charge is 0.342 e. The minimum atomic E-state index is -0.612. The molecule has 8 heteroatoms. The van der Waals surface area contributed by atoms with Gasteiger partial charge >= 0.3 is 5.97 Å². The molecule has 1 N–H and O–H groups in total. The Bertz CT molecular complexity index is 1460. The van der Waals surface area contributed by atoms with Gasteiger partial charge in [-0.3, -0.25) is 14.0 Å². The Kier molecular flexibility index (Phi) is 6.70. The van der Waals surface area contributed by atoms with Crippen molar-refractivity contribution in [3.8, 4) is 11.1 Å². The minimum absolute atomic E-state index is 0.177. The number of benzene rings is 1. The summed E-state index contributed by atoms with van der Waals surface area (Å²) in [6.07, 6.45) is 3.17. The largest absolute Gasteiger partial charge is 0.455 e. The lowest BCUT2D eigenvalue weighted by Gasteiger charge is -2.10. The molecule has 0 radical (unpaired) electrons. The molecule has 0 spiro atoms. The SMILES string of the molecule is CC(C)=CC(=O)Nc1scc(-c2ccccc2)c1C(=O)OCc1cc(=O)n2cc(C)ccc2n1. The first-order valence-corrected chi connectivity index (χ1v) is 11.5. The van der Waals surface area contributed by atoms with Gasteiger partial charge in [-0.2, -0.15) is 0 Å². The van der Waals surface area contributed by atoms with Crippen molar-refractivity contribution >= 4 is 33.9 Å². The number of esters is 1. The number of aromatic nitrogens is 2. The second-order valence-corrected chi connectivity index (χ2v) is 8.91. The summed E-state index contributed by atoms with van der Waals surface area (Å²) in [5, 5.41) is 4.99. The third-order valence-electron chi connectivity index (χ3n) is 4.95. The first kappa shape index (κ1) is 23.1. The van der Waals surface area contributed by atoms with Gasteiger partial charge in [-0.05, 0) is 38.0 Å². The number of amides is 1. The highest BCUT2D eigenvalue weighted by Crippen LogP contribution is 2.36.